The number of ether oxygens (including phenoxy) is 3. The van der Waals surface area contributed by atoms with Crippen LogP contribution in [0, 0.1) is 0 Å². The van der Waals surface area contributed by atoms with Crippen LogP contribution in [0.3, 0.4) is 0 Å². The van der Waals surface area contributed by atoms with Gasteiger partial charge < -0.3 is 50.6 Å². The maximum absolute atomic E-state index is 10.0. The molecular weight excluding hydrogens is 302 g/mol. The van der Waals surface area contributed by atoms with Crippen molar-refractivity contribution in [2.45, 2.75) is 68.3 Å². The van der Waals surface area contributed by atoms with E-state index in [2.05, 4.69) is 0 Å². The summed E-state index contributed by atoms with van der Waals surface area (Å²) in [4.78, 5) is 0. The van der Waals surface area contributed by atoms with E-state index in [1.165, 1.54) is 6.92 Å². The van der Waals surface area contributed by atoms with Crippen LogP contribution in [-0.2, 0) is 14.2 Å². The average Bonchev–Trinajstić information content (AvgIpc) is 2.49. The lowest BCUT2D eigenvalue weighted by Crippen LogP contribution is -2.65. The molecule has 0 amide bonds. The molecule has 10 nitrogen and oxygen atoms in total. The Hall–Kier alpha value is -0.400. The molecule has 22 heavy (non-hydrogen) atoms. The molecule has 0 aromatic heterocycles. The third-order valence-electron chi connectivity index (χ3n) is 4.02. The molecule has 8 N–H and O–H groups in total. The van der Waals surface area contributed by atoms with Gasteiger partial charge >= 0.3 is 0 Å². The van der Waals surface area contributed by atoms with Gasteiger partial charge in [0.05, 0.1) is 18.8 Å². The fourth-order valence-corrected chi connectivity index (χ4v) is 2.55. The predicted molar refractivity (Wildman–Crippen MR) is 69.2 cm³/mol. The Bertz CT molecular complexity index is 357. The minimum absolute atomic E-state index is 0.581. The maximum atomic E-state index is 10.0. The van der Waals surface area contributed by atoms with Gasteiger partial charge in [0.2, 0.25) is 0 Å². The fourth-order valence-electron chi connectivity index (χ4n) is 2.55. The molecule has 2 aliphatic heterocycles. The summed E-state index contributed by atoms with van der Waals surface area (Å²) < 4.78 is 15.6. The molecule has 2 saturated heterocycles. The molecule has 0 aromatic rings. The normalized spacial score (nSPS) is 53.5. The van der Waals surface area contributed by atoms with Crippen molar-refractivity contribution in [3.63, 3.8) is 0 Å². The van der Waals surface area contributed by atoms with Crippen LogP contribution in [0.4, 0.5) is 0 Å². The maximum Gasteiger partial charge on any atom is 0.183 e. The molecule has 2 rings (SSSR count). The Labute approximate surface area is 126 Å². The Morgan fingerprint density at radius 1 is 0.955 bits per heavy atom. The Balaban J connectivity index is 2.10. The fraction of sp³-hybridized carbons (Fsp3) is 1.00. The number of aliphatic hydroxyl groups excluding tert-OH is 6. The van der Waals surface area contributed by atoms with Gasteiger partial charge in [-0.15, -0.1) is 0 Å². The van der Waals surface area contributed by atoms with Crippen LogP contribution in [-0.4, -0.2) is 98.6 Å². The first-order valence-corrected chi connectivity index (χ1v) is 7.01. The third kappa shape index (κ3) is 3.26. The van der Waals surface area contributed by atoms with Gasteiger partial charge in [0, 0.05) is 0 Å². The summed E-state index contributed by atoms with van der Waals surface area (Å²) in [5.74, 6) is 0. The van der Waals surface area contributed by atoms with E-state index in [1.54, 1.807) is 0 Å². The SMILES string of the molecule is C[C@@H]1O[C@@H](O)[C@@H](O)[C@H](O[C@@H]2O[C@H](CO)[C@@H](O)[C@H](O)[C@H]2N)[C@@H]1O. The molecule has 0 spiro atoms. The molecule has 0 saturated carbocycles. The van der Waals surface area contributed by atoms with E-state index >= 15 is 0 Å². The minimum atomic E-state index is -1.56. The van der Waals surface area contributed by atoms with Crippen LogP contribution < -0.4 is 5.73 Å². The van der Waals surface area contributed by atoms with Gasteiger partial charge in [0.1, 0.15) is 36.6 Å². The second-order valence-electron chi connectivity index (χ2n) is 5.60. The molecule has 130 valence electrons. The van der Waals surface area contributed by atoms with Crippen molar-refractivity contribution < 1.29 is 44.8 Å². The van der Waals surface area contributed by atoms with Crippen molar-refractivity contribution in [3.8, 4) is 0 Å². The van der Waals surface area contributed by atoms with Crippen molar-refractivity contribution in [2.75, 3.05) is 6.61 Å². The molecule has 10 atom stereocenters. The van der Waals surface area contributed by atoms with Gasteiger partial charge in [-0.3, -0.25) is 0 Å². The first-order valence-electron chi connectivity index (χ1n) is 7.01. The highest BCUT2D eigenvalue weighted by molar-refractivity contribution is 4.94. The number of nitrogens with two attached hydrogens (primary N) is 1. The first kappa shape index (κ1) is 17.9. The highest BCUT2D eigenvalue weighted by Gasteiger charge is 2.48. The number of aliphatic hydroxyl groups is 6. The highest BCUT2D eigenvalue weighted by atomic mass is 16.7. The van der Waals surface area contributed by atoms with Crippen LogP contribution in [0.15, 0.2) is 0 Å². The molecular formula is C12H23NO9. The van der Waals surface area contributed by atoms with Crippen molar-refractivity contribution in [3.05, 3.63) is 0 Å². The standard InChI is InChI=1S/C12H23NO9/c1-3-6(15)10(9(18)11(19)20-3)22-12-5(13)8(17)7(16)4(2-14)21-12/h3-12,14-19H,2,13H2,1H3/t3-,4+,5+,6+,7+,8+,9-,10+,11+,12-/m0/s1. The van der Waals surface area contributed by atoms with E-state index in [-0.39, 0.29) is 0 Å². The van der Waals surface area contributed by atoms with Crippen molar-refractivity contribution >= 4 is 0 Å². The Morgan fingerprint density at radius 2 is 1.59 bits per heavy atom. The smallest absolute Gasteiger partial charge is 0.183 e. The van der Waals surface area contributed by atoms with Crippen molar-refractivity contribution in [2.24, 2.45) is 5.73 Å². The largest absolute Gasteiger partial charge is 0.394 e. The van der Waals surface area contributed by atoms with Gasteiger partial charge in [-0.2, -0.15) is 0 Å². The van der Waals surface area contributed by atoms with Crippen molar-refractivity contribution in [1.82, 2.24) is 0 Å². The highest BCUT2D eigenvalue weighted by Crippen LogP contribution is 2.27. The molecule has 2 fully saturated rings. The second-order valence-corrected chi connectivity index (χ2v) is 5.60. The molecule has 2 aliphatic rings. The summed E-state index contributed by atoms with van der Waals surface area (Å²) in [7, 11) is 0. The molecule has 0 radical (unpaired) electrons. The van der Waals surface area contributed by atoms with Crippen LogP contribution in [0.25, 0.3) is 0 Å². The van der Waals surface area contributed by atoms with Gasteiger partial charge in [-0.1, -0.05) is 0 Å². The summed E-state index contributed by atoms with van der Waals surface area (Å²) in [6.45, 7) is 0.898. The summed E-state index contributed by atoms with van der Waals surface area (Å²) >= 11 is 0. The van der Waals surface area contributed by atoms with E-state index in [0.29, 0.717) is 0 Å². The second kappa shape index (κ2) is 7.01. The zero-order valence-electron chi connectivity index (χ0n) is 12.0. The minimum Gasteiger partial charge on any atom is -0.394 e. The topological polar surface area (TPSA) is 175 Å². The van der Waals surface area contributed by atoms with Gasteiger partial charge in [-0.05, 0) is 6.92 Å². The van der Waals surface area contributed by atoms with E-state index < -0.39 is 68.0 Å². The Morgan fingerprint density at radius 3 is 2.18 bits per heavy atom. The summed E-state index contributed by atoms with van der Waals surface area (Å²) in [6, 6.07) is -1.17. The number of hydrogen-bond acceptors (Lipinski definition) is 10. The molecule has 0 unspecified atom stereocenters. The molecule has 0 bridgehead atoms. The molecule has 2 heterocycles. The number of rotatable bonds is 3. The zero-order chi connectivity index (χ0) is 16.6. The van der Waals surface area contributed by atoms with E-state index in [9.17, 15) is 25.5 Å². The van der Waals surface area contributed by atoms with E-state index in [1.807, 2.05) is 0 Å². The van der Waals surface area contributed by atoms with E-state index in [0.717, 1.165) is 0 Å². The molecule has 0 aliphatic carbocycles. The van der Waals surface area contributed by atoms with Crippen LogP contribution in [0.2, 0.25) is 0 Å². The quantitative estimate of drug-likeness (QED) is 0.268. The average molecular weight is 325 g/mol. The predicted octanol–water partition coefficient (Wildman–Crippen LogP) is -4.40. The van der Waals surface area contributed by atoms with Crippen LogP contribution in [0.1, 0.15) is 6.92 Å². The van der Waals surface area contributed by atoms with Crippen LogP contribution >= 0.6 is 0 Å². The summed E-state index contributed by atoms with van der Waals surface area (Å²) in [5.41, 5.74) is 5.71. The van der Waals surface area contributed by atoms with Crippen molar-refractivity contribution in [1.29, 1.82) is 0 Å². The first-order chi connectivity index (χ1) is 10.3. The van der Waals surface area contributed by atoms with Gasteiger partial charge in [0.25, 0.3) is 0 Å². The monoisotopic (exact) mass is 325 g/mol. The summed E-state index contributed by atoms with van der Waals surface area (Å²) in [6.07, 6.45) is -11.7. The number of hydrogen-bond donors (Lipinski definition) is 7. The third-order valence-corrected chi connectivity index (χ3v) is 4.02. The molecule has 10 heteroatoms. The zero-order valence-corrected chi connectivity index (χ0v) is 12.0. The molecule has 0 aromatic carbocycles. The Kier molecular flexibility index (Phi) is 5.72. The summed E-state index contributed by atoms with van der Waals surface area (Å²) in [5, 5.41) is 58.1. The van der Waals surface area contributed by atoms with Gasteiger partial charge in [0.15, 0.2) is 12.6 Å². The lowest BCUT2D eigenvalue weighted by molar-refractivity contribution is -0.336. The lowest BCUT2D eigenvalue weighted by Gasteiger charge is -2.45. The van der Waals surface area contributed by atoms with Crippen LogP contribution in [0.5, 0.6) is 0 Å². The lowest BCUT2D eigenvalue weighted by atomic mass is 9.96. The van der Waals surface area contributed by atoms with E-state index in [4.69, 9.17) is 25.1 Å². The van der Waals surface area contributed by atoms with Gasteiger partial charge in [-0.25, -0.2) is 0 Å².